The Kier molecular flexibility index (Phi) is 3.50. The highest BCUT2D eigenvalue weighted by Gasteiger charge is 2.36. The molecule has 1 aliphatic rings. The van der Waals surface area contributed by atoms with Gasteiger partial charge in [-0.1, -0.05) is 12.1 Å². The molecule has 0 spiro atoms. The maximum atomic E-state index is 12.1. The van der Waals surface area contributed by atoms with E-state index in [0.29, 0.717) is 17.7 Å². The molecular formula is C16H15N3O3. The van der Waals surface area contributed by atoms with Crippen molar-refractivity contribution >= 4 is 17.7 Å². The molecule has 3 rings (SSSR count). The highest BCUT2D eigenvalue weighted by atomic mass is 16.2. The Balaban J connectivity index is 1.63. The van der Waals surface area contributed by atoms with Gasteiger partial charge in [-0.2, -0.15) is 0 Å². The lowest BCUT2D eigenvalue weighted by Crippen LogP contribution is -2.40. The van der Waals surface area contributed by atoms with Gasteiger partial charge in [0.15, 0.2) is 0 Å². The fraction of sp³-hybridized carbons (Fsp3) is 0.188. The quantitative estimate of drug-likeness (QED) is 0.854. The van der Waals surface area contributed by atoms with Crippen LogP contribution in [-0.2, 0) is 18.4 Å². The molecular weight excluding hydrogens is 282 g/mol. The van der Waals surface area contributed by atoms with E-state index in [1.807, 2.05) is 30.1 Å². The SMILES string of the molecule is Cn1ccc(CNC(=O)CN2C(=O)c3ccccc3C2=O)c1. The predicted octanol–water partition coefficient (Wildman–Crippen LogP) is 0.937. The first-order valence-corrected chi connectivity index (χ1v) is 6.89. The van der Waals surface area contributed by atoms with Crippen LogP contribution in [-0.4, -0.2) is 33.7 Å². The summed E-state index contributed by atoms with van der Waals surface area (Å²) in [5.74, 6) is -1.20. The maximum absolute atomic E-state index is 12.1. The number of carbonyl (C=O) groups is 3. The van der Waals surface area contributed by atoms with Gasteiger partial charge < -0.3 is 9.88 Å². The van der Waals surface area contributed by atoms with Crippen LogP contribution in [0.1, 0.15) is 26.3 Å². The number of amides is 3. The minimum atomic E-state index is -0.421. The van der Waals surface area contributed by atoms with E-state index in [1.165, 1.54) is 0 Å². The van der Waals surface area contributed by atoms with Crippen molar-refractivity contribution in [3.05, 3.63) is 59.4 Å². The van der Waals surface area contributed by atoms with Crippen LogP contribution < -0.4 is 5.32 Å². The Hall–Kier alpha value is -2.89. The lowest BCUT2D eigenvalue weighted by atomic mass is 10.1. The number of hydrogen-bond donors (Lipinski definition) is 1. The molecule has 6 nitrogen and oxygen atoms in total. The first kappa shape index (κ1) is 14.1. The predicted molar refractivity (Wildman–Crippen MR) is 79.1 cm³/mol. The van der Waals surface area contributed by atoms with Gasteiger partial charge in [-0.3, -0.25) is 19.3 Å². The normalized spacial score (nSPS) is 13.4. The first-order valence-electron chi connectivity index (χ1n) is 6.89. The number of nitrogens with zero attached hydrogens (tertiary/aromatic N) is 2. The minimum Gasteiger partial charge on any atom is -0.357 e. The average molecular weight is 297 g/mol. The molecule has 0 atom stereocenters. The van der Waals surface area contributed by atoms with E-state index in [9.17, 15) is 14.4 Å². The highest BCUT2D eigenvalue weighted by molar-refractivity contribution is 6.22. The molecule has 0 unspecified atom stereocenters. The third kappa shape index (κ3) is 2.50. The number of hydrogen-bond acceptors (Lipinski definition) is 3. The smallest absolute Gasteiger partial charge is 0.262 e. The van der Waals surface area contributed by atoms with Gasteiger partial charge in [0.2, 0.25) is 5.91 Å². The Morgan fingerprint density at radius 2 is 1.73 bits per heavy atom. The summed E-state index contributed by atoms with van der Waals surface area (Å²) in [4.78, 5) is 37.2. The van der Waals surface area contributed by atoms with Crippen molar-refractivity contribution in [2.45, 2.75) is 6.54 Å². The molecule has 2 aromatic rings. The number of aryl methyl sites for hydroxylation is 1. The third-order valence-electron chi connectivity index (χ3n) is 3.56. The molecule has 2 heterocycles. The number of rotatable bonds is 4. The highest BCUT2D eigenvalue weighted by Crippen LogP contribution is 2.21. The molecule has 112 valence electrons. The summed E-state index contributed by atoms with van der Waals surface area (Å²) in [6.45, 7) is 0.0992. The molecule has 1 N–H and O–H groups in total. The average Bonchev–Trinajstić information content (AvgIpc) is 3.03. The van der Waals surface area contributed by atoms with Crippen molar-refractivity contribution in [3.63, 3.8) is 0 Å². The van der Waals surface area contributed by atoms with Gasteiger partial charge in [0.25, 0.3) is 11.8 Å². The van der Waals surface area contributed by atoms with E-state index in [0.717, 1.165) is 10.5 Å². The Morgan fingerprint density at radius 1 is 1.09 bits per heavy atom. The van der Waals surface area contributed by atoms with Gasteiger partial charge in [-0.15, -0.1) is 0 Å². The lowest BCUT2D eigenvalue weighted by molar-refractivity contribution is -0.121. The molecule has 3 amide bonds. The zero-order valence-corrected chi connectivity index (χ0v) is 12.1. The summed E-state index contributed by atoms with van der Waals surface area (Å²) in [6.07, 6.45) is 3.77. The number of imide groups is 1. The summed E-state index contributed by atoms with van der Waals surface area (Å²) in [6, 6.07) is 8.48. The number of benzene rings is 1. The Labute approximate surface area is 127 Å². The topological polar surface area (TPSA) is 71.4 Å². The van der Waals surface area contributed by atoms with E-state index < -0.39 is 11.8 Å². The second-order valence-corrected chi connectivity index (χ2v) is 5.20. The number of carbonyl (C=O) groups excluding carboxylic acids is 3. The number of nitrogens with one attached hydrogen (secondary N) is 1. The molecule has 6 heteroatoms. The van der Waals surface area contributed by atoms with E-state index in [1.54, 1.807) is 24.3 Å². The summed E-state index contributed by atoms with van der Waals surface area (Å²) < 4.78 is 1.88. The lowest BCUT2D eigenvalue weighted by Gasteiger charge is -2.13. The maximum Gasteiger partial charge on any atom is 0.262 e. The minimum absolute atomic E-state index is 0.265. The van der Waals surface area contributed by atoms with Crippen LogP contribution in [0.25, 0.3) is 0 Å². The van der Waals surface area contributed by atoms with Crippen molar-refractivity contribution in [2.75, 3.05) is 6.54 Å². The molecule has 1 aromatic carbocycles. The Morgan fingerprint density at radius 3 is 2.27 bits per heavy atom. The van der Waals surface area contributed by atoms with Gasteiger partial charge in [-0.25, -0.2) is 0 Å². The van der Waals surface area contributed by atoms with E-state index >= 15 is 0 Å². The van der Waals surface area contributed by atoms with Crippen molar-refractivity contribution in [2.24, 2.45) is 7.05 Å². The van der Waals surface area contributed by atoms with Crippen LogP contribution in [0.5, 0.6) is 0 Å². The third-order valence-corrected chi connectivity index (χ3v) is 3.56. The first-order chi connectivity index (χ1) is 10.6. The van der Waals surface area contributed by atoms with Crippen LogP contribution in [0.2, 0.25) is 0 Å². The summed E-state index contributed by atoms with van der Waals surface area (Å²) >= 11 is 0. The molecule has 0 aliphatic carbocycles. The van der Waals surface area contributed by atoms with E-state index in [-0.39, 0.29) is 12.5 Å². The van der Waals surface area contributed by atoms with Gasteiger partial charge in [0.05, 0.1) is 11.1 Å². The molecule has 0 bridgehead atoms. The van der Waals surface area contributed by atoms with Crippen LogP contribution >= 0.6 is 0 Å². The molecule has 1 aliphatic heterocycles. The van der Waals surface area contributed by atoms with Crippen molar-refractivity contribution in [1.29, 1.82) is 0 Å². The van der Waals surface area contributed by atoms with Crippen LogP contribution in [0.3, 0.4) is 0 Å². The van der Waals surface area contributed by atoms with Gasteiger partial charge in [0, 0.05) is 26.0 Å². The fourth-order valence-corrected chi connectivity index (χ4v) is 2.45. The van der Waals surface area contributed by atoms with Crippen molar-refractivity contribution in [1.82, 2.24) is 14.8 Å². The summed E-state index contributed by atoms with van der Waals surface area (Å²) in [7, 11) is 1.89. The van der Waals surface area contributed by atoms with Gasteiger partial charge >= 0.3 is 0 Å². The van der Waals surface area contributed by atoms with Crippen LogP contribution in [0.15, 0.2) is 42.7 Å². The van der Waals surface area contributed by atoms with E-state index in [4.69, 9.17) is 0 Å². The molecule has 1 aromatic heterocycles. The summed E-state index contributed by atoms with van der Waals surface area (Å²) in [5, 5.41) is 2.71. The van der Waals surface area contributed by atoms with Gasteiger partial charge in [-0.05, 0) is 23.8 Å². The van der Waals surface area contributed by atoms with E-state index in [2.05, 4.69) is 5.32 Å². The van der Waals surface area contributed by atoms with Gasteiger partial charge in [0.1, 0.15) is 6.54 Å². The Bertz CT molecular complexity index is 729. The second kappa shape index (κ2) is 5.48. The summed E-state index contributed by atoms with van der Waals surface area (Å²) in [5.41, 5.74) is 1.66. The van der Waals surface area contributed by atoms with Crippen LogP contribution in [0.4, 0.5) is 0 Å². The molecule has 0 saturated carbocycles. The standard InChI is InChI=1S/C16H15N3O3/c1-18-7-6-11(9-18)8-17-14(20)10-19-15(21)12-4-2-3-5-13(12)16(19)22/h2-7,9H,8,10H2,1H3,(H,17,20). The molecule has 0 fully saturated rings. The zero-order valence-electron chi connectivity index (χ0n) is 12.1. The molecule has 22 heavy (non-hydrogen) atoms. The molecule has 0 saturated heterocycles. The van der Waals surface area contributed by atoms with Crippen molar-refractivity contribution < 1.29 is 14.4 Å². The monoisotopic (exact) mass is 297 g/mol. The largest absolute Gasteiger partial charge is 0.357 e. The fourth-order valence-electron chi connectivity index (χ4n) is 2.45. The number of aromatic nitrogens is 1. The number of fused-ring (bicyclic) bond motifs is 1. The second-order valence-electron chi connectivity index (χ2n) is 5.20. The van der Waals surface area contributed by atoms with Crippen molar-refractivity contribution in [3.8, 4) is 0 Å². The van der Waals surface area contributed by atoms with Crippen LogP contribution in [0, 0.1) is 0 Å². The zero-order chi connectivity index (χ0) is 15.7. The molecule has 0 radical (unpaired) electrons.